The van der Waals surface area contributed by atoms with Crippen LogP contribution in [0.1, 0.15) is 36.4 Å². The lowest BCUT2D eigenvalue weighted by molar-refractivity contribution is -0.116. The maximum atomic E-state index is 12.8. The van der Waals surface area contributed by atoms with Crippen LogP contribution in [0.2, 0.25) is 0 Å². The van der Waals surface area contributed by atoms with Crippen LogP contribution in [0.4, 0.5) is 5.95 Å². The average molecular weight is 357 g/mol. The lowest BCUT2D eigenvalue weighted by atomic mass is 9.86. The first kappa shape index (κ1) is 15.9. The molecule has 0 amide bonds. The van der Waals surface area contributed by atoms with Crippen molar-refractivity contribution in [3.63, 3.8) is 0 Å². The molecule has 6 nitrogen and oxygen atoms in total. The molecule has 5 rings (SSSR count). The summed E-state index contributed by atoms with van der Waals surface area (Å²) >= 11 is 0. The van der Waals surface area contributed by atoms with E-state index in [9.17, 15) is 4.79 Å². The third kappa shape index (κ3) is 2.65. The molecule has 27 heavy (non-hydrogen) atoms. The van der Waals surface area contributed by atoms with Crippen molar-refractivity contribution < 1.29 is 4.79 Å². The predicted molar refractivity (Wildman–Crippen MR) is 102 cm³/mol. The molecule has 0 fully saturated rings. The maximum Gasteiger partial charge on any atom is 0.226 e. The number of pyridine rings is 1. The van der Waals surface area contributed by atoms with Gasteiger partial charge in [0.05, 0.1) is 0 Å². The maximum absolute atomic E-state index is 12.8. The minimum atomic E-state index is -0.288. The summed E-state index contributed by atoms with van der Waals surface area (Å²) in [5.74, 6) is 1.51. The van der Waals surface area contributed by atoms with E-state index in [0.717, 1.165) is 40.8 Å². The number of allylic oxidation sites excluding steroid dienone is 2. The molecule has 0 radical (unpaired) electrons. The van der Waals surface area contributed by atoms with E-state index in [1.807, 2.05) is 28.9 Å². The SMILES string of the molecule is Cc1cccc(-c2nc3n(n2)C(c2cccnc2)C2=C(CCCC2=O)N3)c1. The van der Waals surface area contributed by atoms with Gasteiger partial charge < -0.3 is 5.32 Å². The van der Waals surface area contributed by atoms with Crippen molar-refractivity contribution in [2.24, 2.45) is 0 Å². The third-order valence-electron chi connectivity index (χ3n) is 5.14. The topological polar surface area (TPSA) is 72.7 Å². The molecule has 1 unspecified atom stereocenters. The molecule has 1 aliphatic heterocycles. The number of ketones is 1. The van der Waals surface area contributed by atoms with Gasteiger partial charge in [0.25, 0.3) is 0 Å². The Kier molecular flexibility index (Phi) is 3.63. The van der Waals surface area contributed by atoms with Crippen molar-refractivity contribution in [2.45, 2.75) is 32.2 Å². The molecule has 0 bridgehead atoms. The summed E-state index contributed by atoms with van der Waals surface area (Å²) < 4.78 is 1.83. The largest absolute Gasteiger partial charge is 0.328 e. The van der Waals surface area contributed by atoms with Crippen molar-refractivity contribution in [1.29, 1.82) is 0 Å². The van der Waals surface area contributed by atoms with E-state index in [1.54, 1.807) is 12.4 Å². The highest BCUT2D eigenvalue weighted by molar-refractivity contribution is 5.99. The fourth-order valence-corrected chi connectivity index (χ4v) is 3.91. The number of nitrogens with zero attached hydrogens (tertiary/aromatic N) is 4. The van der Waals surface area contributed by atoms with Crippen LogP contribution in [0.3, 0.4) is 0 Å². The van der Waals surface area contributed by atoms with Gasteiger partial charge in [-0.15, -0.1) is 5.10 Å². The normalized spacial score (nSPS) is 18.7. The number of anilines is 1. The highest BCUT2D eigenvalue weighted by Gasteiger charge is 2.36. The standard InChI is InChI=1S/C21H19N5O/c1-13-5-2-6-14(11-13)20-24-21-23-16-8-3-9-17(27)18(16)19(26(21)25-20)15-7-4-10-22-12-15/h2,4-7,10-12,19H,3,8-9H2,1H3,(H,23,24,25). The summed E-state index contributed by atoms with van der Waals surface area (Å²) in [6.07, 6.45) is 5.84. The number of fused-ring (bicyclic) bond motifs is 1. The monoisotopic (exact) mass is 357 g/mol. The summed E-state index contributed by atoms with van der Waals surface area (Å²) in [7, 11) is 0. The first-order valence-electron chi connectivity index (χ1n) is 9.17. The van der Waals surface area contributed by atoms with Crippen LogP contribution in [0.25, 0.3) is 11.4 Å². The summed E-state index contributed by atoms with van der Waals surface area (Å²) in [6, 6.07) is 11.7. The highest BCUT2D eigenvalue weighted by Crippen LogP contribution is 2.40. The Hall–Kier alpha value is -3.28. The minimum absolute atomic E-state index is 0.177. The molecular formula is C21H19N5O. The quantitative estimate of drug-likeness (QED) is 0.757. The predicted octanol–water partition coefficient (Wildman–Crippen LogP) is 3.67. The number of benzene rings is 1. The van der Waals surface area contributed by atoms with Gasteiger partial charge in [-0.2, -0.15) is 4.98 Å². The van der Waals surface area contributed by atoms with Gasteiger partial charge in [-0.1, -0.05) is 29.8 Å². The van der Waals surface area contributed by atoms with Crippen LogP contribution in [0.5, 0.6) is 0 Å². The second-order valence-electron chi connectivity index (χ2n) is 7.06. The number of hydrogen-bond acceptors (Lipinski definition) is 5. The molecule has 0 saturated heterocycles. The minimum Gasteiger partial charge on any atom is -0.328 e. The summed E-state index contributed by atoms with van der Waals surface area (Å²) in [5, 5.41) is 8.14. The third-order valence-corrected chi connectivity index (χ3v) is 5.14. The van der Waals surface area contributed by atoms with Crippen LogP contribution in [0.15, 0.2) is 60.1 Å². The van der Waals surface area contributed by atoms with E-state index < -0.39 is 0 Å². The van der Waals surface area contributed by atoms with Crippen LogP contribution in [-0.4, -0.2) is 25.5 Å². The number of aromatic nitrogens is 4. The Morgan fingerprint density at radius 3 is 2.93 bits per heavy atom. The first-order valence-corrected chi connectivity index (χ1v) is 9.17. The van der Waals surface area contributed by atoms with E-state index in [0.29, 0.717) is 18.2 Å². The van der Waals surface area contributed by atoms with E-state index in [1.165, 1.54) is 0 Å². The van der Waals surface area contributed by atoms with Gasteiger partial charge in [0.1, 0.15) is 6.04 Å². The number of hydrogen-bond donors (Lipinski definition) is 1. The van der Waals surface area contributed by atoms with Gasteiger partial charge in [0, 0.05) is 35.6 Å². The van der Waals surface area contributed by atoms with Crippen molar-refractivity contribution in [3.05, 3.63) is 71.2 Å². The first-order chi connectivity index (χ1) is 13.2. The van der Waals surface area contributed by atoms with Crippen LogP contribution < -0.4 is 5.32 Å². The van der Waals surface area contributed by atoms with E-state index >= 15 is 0 Å². The molecule has 3 aromatic rings. The fraction of sp³-hybridized carbons (Fsp3) is 0.238. The molecule has 134 valence electrons. The van der Waals surface area contributed by atoms with E-state index in [-0.39, 0.29) is 11.8 Å². The molecule has 3 heterocycles. The smallest absolute Gasteiger partial charge is 0.226 e. The molecule has 1 N–H and O–H groups in total. The Labute approximate surface area is 157 Å². The Morgan fingerprint density at radius 2 is 2.11 bits per heavy atom. The van der Waals surface area contributed by atoms with Gasteiger partial charge in [-0.25, -0.2) is 4.68 Å². The molecule has 0 saturated carbocycles. The lowest BCUT2D eigenvalue weighted by Gasteiger charge is -2.31. The number of nitrogens with one attached hydrogen (secondary N) is 1. The number of carbonyl (C=O) groups is 1. The molecule has 2 aromatic heterocycles. The Morgan fingerprint density at radius 1 is 1.19 bits per heavy atom. The summed E-state index contributed by atoms with van der Waals surface area (Å²) in [5.41, 5.74) is 4.83. The molecule has 1 aliphatic carbocycles. The second-order valence-corrected chi connectivity index (χ2v) is 7.06. The number of carbonyl (C=O) groups excluding carboxylic acids is 1. The van der Waals surface area contributed by atoms with Crippen LogP contribution in [0, 0.1) is 6.92 Å². The van der Waals surface area contributed by atoms with Crippen molar-refractivity contribution in [2.75, 3.05) is 5.32 Å². The molecule has 1 aromatic carbocycles. The van der Waals surface area contributed by atoms with Crippen LogP contribution >= 0.6 is 0 Å². The van der Waals surface area contributed by atoms with Gasteiger partial charge in [-0.05, 0) is 37.5 Å². The summed E-state index contributed by atoms with van der Waals surface area (Å²) in [6.45, 7) is 2.05. The van der Waals surface area contributed by atoms with E-state index in [4.69, 9.17) is 10.1 Å². The van der Waals surface area contributed by atoms with Gasteiger partial charge in [-0.3, -0.25) is 9.78 Å². The molecule has 2 aliphatic rings. The zero-order valence-corrected chi connectivity index (χ0v) is 15.0. The Balaban J connectivity index is 1.68. The van der Waals surface area contributed by atoms with Crippen LogP contribution in [-0.2, 0) is 4.79 Å². The van der Waals surface area contributed by atoms with Gasteiger partial charge >= 0.3 is 0 Å². The second kappa shape index (κ2) is 6.16. The van der Waals surface area contributed by atoms with Gasteiger partial charge in [0.15, 0.2) is 11.6 Å². The van der Waals surface area contributed by atoms with E-state index in [2.05, 4.69) is 29.4 Å². The molecule has 6 heteroatoms. The fourth-order valence-electron chi connectivity index (χ4n) is 3.91. The zero-order chi connectivity index (χ0) is 18.4. The average Bonchev–Trinajstić information content (AvgIpc) is 3.11. The Bertz CT molecular complexity index is 1070. The highest BCUT2D eigenvalue weighted by atomic mass is 16.1. The molecule has 0 spiro atoms. The van der Waals surface area contributed by atoms with Crippen molar-refractivity contribution in [3.8, 4) is 11.4 Å². The van der Waals surface area contributed by atoms with Crippen molar-refractivity contribution >= 4 is 11.7 Å². The van der Waals surface area contributed by atoms with Gasteiger partial charge in [0.2, 0.25) is 5.95 Å². The molecular weight excluding hydrogens is 338 g/mol. The van der Waals surface area contributed by atoms with Crippen molar-refractivity contribution in [1.82, 2.24) is 19.7 Å². The zero-order valence-electron chi connectivity index (χ0n) is 15.0. The summed E-state index contributed by atoms with van der Waals surface area (Å²) in [4.78, 5) is 21.7. The number of rotatable bonds is 2. The number of Topliss-reactive ketones (excluding diaryl/α,β-unsaturated/α-hetero) is 1. The lowest BCUT2D eigenvalue weighted by Crippen LogP contribution is -2.31. The number of aryl methyl sites for hydroxylation is 1. The molecule has 1 atom stereocenters.